The lowest BCUT2D eigenvalue weighted by Crippen LogP contribution is -2.50. The monoisotopic (exact) mass is 229 g/mol. The molecule has 0 aromatic carbocycles. The summed E-state index contributed by atoms with van der Waals surface area (Å²) >= 11 is 0. The quantitative estimate of drug-likeness (QED) is 0.800. The Morgan fingerprint density at radius 1 is 1.31 bits per heavy atom. The Labute approximate surface area is 99.8 Å². The van der Waals surface area contributed by atoms with Crippen LogP contribution in [0.2, 0.25) is 0 Å². The van der Waals surface area contributed by atoms with Crippen molar-refractivity contribution in [2.24, 2.45) is 0 Å². The van der Waals surface area contributed by atoms with Gasteiger partial charge in [-0.3, -0.25) is 4.90 Å². The number of hydrogen-bond acceptors (Lipinski definition) is 3. The second-order valence-corrected chi connectivity index (χ2v) is 6.24. The third-order valence-electron chi connectivity index (χ3n) is 3.45. The van der Waals surface area contributed by atoms with Crippen LogP contribution in [0.4, 0.5) is 0 Å². The third kappa shape index (κ3) is 2.96. The highest BCUT2D eigenvalue weighted by molar-refractivity contribution is 5.00. The molecule has 0 aromatic rings. The molecule has 3 heteroatoms. The maximum atomic E-state index is 9.16. The Morgan fingerprint density at radius 2 is 1.88 bits per heavy atom. The van der Waals surface area contributed by atoms with E-state index in [0.717, 1.165) is 13.0 Å². The van der Waals surface area contributed by atoms with Gasteiger partial charge in [0.15, 0.2) is 0 Å². The number of nitrogens with zero attached hydrogens (tertiary/aromatic N) is 1. The summed E-state index contributed by atoms with van der Waals surface area (Å²) in [6, 6.07) is 0.823. The van der Waals surface area contributed by atoms with Crippen LogP contribution in [0.1, 0.15) is 48.0 Å². The second kappa shape index (κ2) is 4.63. The minimum Gasteiger partial charge on any atom is -0.395 e. The third-order valence-corrected chi connectivity index (χ3v) is 3.45. The molecule has 1 rings (SSSR count). The van der Waals surface area contributed by atoms with Crippen LogP contribution in [-0.2, 0) is 4.74 Å². The summed E-state index contributed by atoms with van der Waals surface area (Å²) in [4.78, 5) is 2.36. The Balaban J connectivity index is 2.84. The molecular weight excluding hydrogens is 202 g/mol. The van der Waals surface area contributed by atoms with Crippen LogP contribution in [0, 0.1) is 0 Å². The molecule has 0 saturated carbocycles. The van der Waals surface area contributed by atoms with Gasteiger partial charge in [-0.25, -0.2) is 0 Å². The van der Waals surface area contributed by atoms with Crippen LogP contribution >= 0.6 is 0 Å². The number of ether oxygens (including phenoxy) is 1. The van der Waals surface area contributed by atoms with Crippen LogP contribution < -0.4 is 0 Å². The van der Waals surface area contributed by atoms with Gasteiger partial charge in [-0.1, -0.05) is 0 Å². The minimum atomic E-state index is -0.136. The highest BCUT2D eigenvalue weighted by atomic mass is 16.5. The van der Waals surface area contributed by atoms with Crippen molar-refractivity contribution in [3.8, 4) is 0 Å². The van der Waals surface area contributed by atoms with Crippen molar-refractivity contribution >= 4 is 0 Å². The molecule has 0 bridgehead atoms. The van der Waals surface area contributed by atoms with E-state index in [9.17, 15) is 0 Å². The molecule has 1 fully saturated rings. The zero-order valence-electron chi connectivity index (χ0n) is 11.6. The first kappa shape index (κ1) is 13.9. The first-order valence-electron chi connectivity index (χ1n) is 6.26. The fourth-order valence-corrected chi connectivity index (χ4v) is 2.94. The molecule has 1 heterocycles. The zero-order valence-corrected chi connectivity index (χ0v) is 11.6. The maximum absolute atomic E-state index is 9.16. The predicted molar refractivity (Wildman–Crippen MR) is 66.6 cm³/mol. The van der Waals surface area contributed by atoms with Gasteiger partial charge in [0.05, 0.1) is 17.8 Å². The van der Waals surface area contributed by atoms with Crippen molar-refractivity contribution in [1.82, 2.24) is 4.90 Å². The van der Waals surface area contributed by atoms with Gasteiger partial charge < -0.3 is 9.84 Å². The van der Waals surface area contributed by atoms with E-state index >= 15 is 0 Å². The van der Waals surface area contributed by atoms with Crippen LogP contribution in [0.3, 0.4) is 0 Å². The summed E-state index contributed by atoms with van der Waals surface area (Å²) in [6.07, 6.45) is 1.03. The SMILES string of the molecule is CC(C)N(CCO)C1CC(C)(C)OC1(C)C. The minimum absolute atomic E-state index is 0.0588. The Morgan fingerprint density at radius 3 is 2.19 bits per heavy atom. The molecule has 1 N–H and O–H groups in total. The number of aliphatic hydroxyl groups excluding tert-OH is 1. The van der Waals surface area contributed by atoms with Crippen molar-refractivity contribution in [1.29, 1.82) is 0 Å². The lowest BCUT2D eigenvalue weighted by molar-refractivity contribution is -0.0840. The van der Waals surface area contributed by atoms with Crippen LogP contribution in [0.25, 0.3) is 0 Å². The van der Waals surface area contributed by atoms with Gasteiger partial charge in [0.2, 0.25) is 0 Å². The van der Waals surface area contributed by atoms with E-state index in [1.807, 2.05) is 0 Å². The molecule has 3 nitrogen and oxygen atoms in total. The zero-order chi connectivity index (χ0) is 12.6. The van der Waals surface area contributed by atoms with Gasteiger partial charge in [-0.2, -0.15) is 0 Å². The van der Waals surface area contributed by atoms with Crippen LogP contribution in [0.15, 0.2) is 0 Å². The molecule has 0 spiro atoms. The van der Waals surface area contributed by atoms with Gasteiger partial charge in [0, 0.05) is 18.6 Å². The molecule has 16 heavy (non-hydrogen) atoms. The Bertz CT molecular complexity index is 236. The van der Waals surface area contributed by atoms with E-state index in [2.05, 4.69) is 46.4 Å². The normalized spacial score (nSPS) is 27.9. The van der Waals surface area contributed by atoms with Gasteiger partial charge in [-0.15, -0.1) is 0 Å². The van der Waals surface area contributed by atoms with Crippen molar-refractivity contribution in [3.05, 3.63) is 0 Å². The van der Waals surface area contributed by atoms with Crippen molar-refractivity contribution in [2.45, 2.75) is 71.2 Å². The van der Waals surface area contributed by atoms with E-state index in [1.165, 1.54) is 0 Å². The largest absolute Gasteiger partial charge is 0.395 e. The summed E-state index contributed by atoms with van der Waals surface area (Å²) in [6.45, 7) is 13.9. The first-order valence-corrected chi connectivity index (χ1v) is 6.26. The lowest BCUT2D eigenvalue weighted by Gasteiger charge is -2.38. The molecule has 1 unspecified atom stereocenters. The standard InChI is InChI=1S/C13H27NO2/c1-10(2)14(7-8-15)11-9-12(3,4)16-13(11,5)6/h10-11,15H,7-9H2,1-6H3. The summed E-state index contributed by atoms with van der Waals surface area (Å²) < 4.78 is 6.10. The number of aliphatic hydroxyl groups is 1. The number of hydrogen-bond donors (Lipinski definition) is 1. The Hall–Kier alpha value is -0.120. The van der Waals surface area contributed by atoms with Gasteiger partial charge in [0.25, 0.3) is 0 Å². The predicted octanol–water partition coefficient (Wildman–Crippen LogP) is 2.04. The van der Waals surface area contributed by atoms with E-state index in [-0.39, 0.29) is 17.8 Å². The average Bonchev–Trinajstić information content (AvgIpc) is 2.29. The molecule has 0 aliphatic carbocycles. The van der Waals surface area contributed by atoms with E-state index in [1.54, 1.807) is 0 Å². The molecule has 0 aromatic heterocycles. The van der Waals surface area contributed by atoms with E-state index in [0.29, 0.717) is 12.1 Å². The molecule has 96 valence electrons. The summed E-state index contributed by atoms with van der Waals surface area (Å²) in [7, 11) is 0. The molecule has 1 aliphatic heterocycles. The van der Waals surface area contributed by atoms with Crippen LogP contribution in [-0.4, -0.2) is 46.4 Å². The molecular formula is C13H27NO2. The summed E-state index contributed by atoms with van der Waals surface area (Å²) in [5.41, 5.74) is -0.195. The number of rotatable bonds is 4. The maximum Gasteiger partial charge on any atom is 0.0789 e. The highest BCUT2D eigenvalue weighted by Crippen LogP contribution is 2.40. The first-order chi connectivity index (χ1) is 7.19. The average molecular weight is 229 g/mol. The smallest absolute Gasteiger partial charge is 0.0789 e. The lowest BCUT2D eigenvalue weighted by atomic mass is 9.92. The molecule has 1 aliphatic rings. The molecule has 0 radical (unpaired) electrons. The summed E-state index contributed by atoms with van der Waals surface area (Å²) in [5, 5.41) is 9.16. The molecule has 1 saturated heterocycles. The Kier molecular flexibility index (Phi) is 4.04. The topological polar surface area (TPSA) is 32.7 Å². The fourth-order valence-electron chi connectivity index (χ4n) is 2.94. The van der Waals surface area contributed by atoms with Gasteiger partial charge in [-0.05, 0) is 48.0 Å². The molecule has 0 amide bonds. The summed E-state index contributed by atoms with van der Waals surface area (Å²) in [5.74, 6) is 0. The fraction of sp³-hybridized carbons (Fsp3) is 1.00. The van der Waals surface area contributed by atoms with Gasteiger partial charge in [0.1, 0.15) is 0 Å². The van der Waals surface area contributed by atoms with E-state index < -0.39 is 0 Å². The van der Waals surface area contributed by atoms with Crippen molar-refractivity contribution in [2.75, 3.05) is 13.2 Å². The molecule has 1 atom stereocenters. The van der Waals surface area contributed by atoms with Crippen molar-refractivity contribution < 1.29 is 9.84 Å². The highest BCUT2D eigenvalue weighted by Gasteiger charge is 2.48. The second-order valence-electron chi connectivity index (χ2n) is 6.24. The van der Waals surface area contributed by atoms with Crippen molar-refractivity contribution in [3.63, 3.8) is 0 Å². The van der Waals surface area contributed by atoms with Gasteiger partial charge >= 0.3 is 0 Å². The van der Waals surface area contributed by atoms with Crippen LogP contribution in [0.5, 0.6) is 0 Å². The van der Waals surface area contributed by atoms with E-state index in [4.69, 9.17) is 9.84 Å².